The van der Waals surface area contributed by atoms with Gasteiger partial charge in [-0.3, -0.25) is 18.7 Å². The lowest BCUT2D eigenvalue weighted by Gasteiger charge is -2.10. The van der Waals surface area contributed by atoms with Crippen molar-refractivity contribution in [2.45, 2.75) is 6.92 Å². The first-order valence-corrected chi connectivity index (χ1v) is 8.40. The van der Waals surface area contributed by atoms with E-state index in [2.05, 4.69) is 10.3 Å². The van der Waals surface area contributed by atoms with Crippen LogP contribution in [0.25, 0.3) is 11.0 Å². The smallest absolute Gasteiger partial charge is 0.332 e. The van der Waals surface area contributed by atoms with E-state index in [1.165, 1.54) is 30.9 Å². The maximum absolute atomic E-state index is 12.3. The summed E-state index contributed by atoms with van der Waals surface area (Å²) in [6, 6.07) is 6.58. The van der Waals surface area contributed by atoms with Crippen LogP contribution in [0.2, 0.25) is 5.02 Å². The van der Waals surface area contributed by atoms with Crippen LogP contribution in [0, 0.1) is 6.92 Å². The van der Waals surface area contributed by atoms with Gasteiger partial charge >= 0.3 is 5.69 Å². The van der Waals surface area contributed by atoms with Gasteiger partial charge in [0.1, 0.15) is 11.4 Å². The molecule has 3 rings (SSSR count). The molecule has 1 N–H and O–H groups in total. The zero-order valence-electron chi connectivity index (χ0n) is 14.9. The summed E-state index contributed by atoms with van der Waals surface area (Å²) in [5.41, 5.74) is 0.468. The molecule has 140 valence electrons. The van der Waals surface area contributed by atoms with Gasteiger partial charge in [-0.2, -0.15) is 0 Å². The number of nitrogens with one attached hydrogen (secondary N) is 1. The predicted octanol–water partition coefficient (Wildman–Crippen LogP) is 1.61. The number of ether oxygens (including phenoxy) is 1. The molecule has 0 atom stereocenters. The van der Waals surface area contributed by atoms with E-state index >= 15 is 0 Å². The van der Waals surface area contributed by atoms with Gasteiger partial charge in [-0.15, -0.1) is 0 Å². The quantitative estimate of drug-likeness (QED) is 0.732. The van der Waals surface area contributed by atoms with E-state index in [4.69, 9.17) is 16.3 Å². The first-order chi connectivity index (χ1) is 12.8. The number of nitrogens with zero attached hydrogens (tertiary/aromatic N) is 3. The van der Waals surface area contributed by atoms with Gasteiger partial charge in [-0.1, -0.05) is 11.6 Å². The Bertz CT molecular complexity index is 1170. The first kappa shape index (κ1) is 18.7. The van der Waals surface area contributed by atoms with Crippen LogP contribution in [0.5, 0.6) is 5.75 Å². The summed E-state index contributed by atoms with van der Waals surface area (Å²) in [4.78, 5) is 40.4. The Morgan fingerprint density at radius 1 is 1.22 bits per heavy atom. The Kier molecular flexibility index (Phi) is 5.00. The number of carbonyl (C=O) groups excluding carboxylic acids is 1. The van der Waals surface area contributed by atoms with Crippen molar-refractivity contribution in [3.63, 3.8) is 0 Å². The third kappa shape index (κ3) is 3.70. The second-order valence-electron chi connectivity index (χ2n) is 6.05. The summed E-state index contributed by atoms with van der Waals surface area (Å²) in [6.07, 6.45) is 1.38. The molecule has 0 bridgehead atoms. The largest absolute Gasteiger partial charge is 0.484 e. The van der Waals surface area contributed by atoms with Gasteiger partial charge in [0.05, 0.1) is 17.3 Å². The molecule has 0 aliphatic carbocycles. The van der Waals surface area contributed by atoms with E-state index in [9.17, 15) is 14.4 Å². The third-order valence-corrected chi connectivity index (χ3v) is 4.50. The van der Waals surface area contributed by atoms with Crippen molar-refractivity contribution in [1.29, 1.82) is 0 Å². The maximum atomic E-state index is 12.3. The number of benzene rings is 1. The number of hydrogen-bond donors (Lipinski definition) is 1. The van der Waals surface area contributed by atoms with E-state index in [0.29, 0.717) is 16.5 Å². The van der Waals surface area contributed by atoms with Crippen LogP contribution in [-0.4, -0.2) is 26.6 Å². The summed E-state index contributed by atoms with van der Waals surface area (Å²) in [7, 11) is 2.91. The average molecular weight is 389 g/mol. The summed E-state index contributed by atoms with van der Waals surface area (Å²) in [5.74, 6) is 0.109. The topological polar surface area (TPSA) is 95.2 Å². The number of halogens is 1. The molecule has 2 aromatic heterocycles. The number of pyridine rings is 1. The molecule has 8 nitrogen and oxygen atoms in total. The highest BCUT2D eigenvalue weighted by atomic mass is 35.5. The van der Waals surface area contributed by atoms with Crippen molar-refractivity contribution in [3.8, 4) is 5.75 Å². The van der Waals surface area contributed by atoms with Crippen molar-refractivity contribution >= 4 is 34.2 Å². The normalized spacial score (nSPS) is 10.8. The number of amides is 1. The van der Waals surface area contributed by atoms with Crippen molar-refractivity contribution < 1.29 is 9.53 Å². The molecular formula is C18H17ClN4O4. The number of aryl methyl sites for hydroxylation is 2. The molecule has 1 amide bonds. The monoisotopic (exact) mass is 388 g/mol. The van der Waals surface area contributed by atoms with Crippen molar-refractivity contribution in [2.24, 2.45) is 14.1 Å². The van der Waals surface area contributed by atoms with E-state index in [0.717, 1.165) is 10.1 Å². The molecule has 3 aromatic rings. The Balaban J connectivity index is 1.78. The fourth-order valence-corrected chi connectivity index (χ4v) is 2.70. The fourth-order valence-electron chi connectivity index (χ4n) is 2.59. The predicted molar refractivity (Wildman–Crippen MR) is 103 cm³/mol. The first-order valence-electron chi connectivity index (χ1n) is 8.02. The lowest BCUT2D eigenvalue weighted by molar-refractivity contribution is -0.118. The van der Waals surface area contributed by atoms with Crippen LogP contribution in [0.3, 0.4) is 0 Å². The molecule has 0 aliphatic rings. The Labute approximate surface area is 159 Å². The highest BCUT2D eigenvalue weighted by Gasteiger charge is 2.12. The molecule has 0 spiro atoms. The minimum absolute atomic E-state index is 0.218. The van der Waals surface area contributed by atoms with Crippen molar-refractivity contribution in [1.82, 2.24) is 14.1 Å². The third-order valence-electron chi connectivity index (χ3n) is 4.08. The average Bonchev–Trinajstić information content (AvgIpc) is 2.65. The summed E-state index contributed by atoms with van der Waals surface area (Å²) >= 11 is 5.95. The van der Waals surface area contributed by atoms with Gasteiger partial charge in [0.25, 0.3) is 11.5 Å². The summed E-state index contributed by atoms with van der Waals surface area (Å²) < 4.78 is 7.70. The van der Waals surface area contributed by atoms with Gasteiger partial charge in [0.2, 0.25) is 0 Å². The molecule has 27 heavy (non-hydrogen) atoms. The number of fused-ring (bicyclic) bond motifs is 1. The Morgan fingerprint density at radius 2 is 1.96 bits per heavy atom. The molecule has 2 heterocycles. The van der Waals surface area contributed by atoms with Crippen LogP contribution >= 0.6 is 11.6 Å². The fraction of sp³-hybridized carbons (Fsp3) is 0.222. The van der Waals surface area contributed by atoms with Gasteiger partial charge in [0, 0.05) is 19.1 Å². The lowest BCUT2D eigenvalue weighted by Crippen LogP contribution is -2.37. The Morgan fingerprint density at radius 3 is 2.67 bits per heavy atom. The van der Waals surface area contributed by atoms with Crippen LogP contribution < -0.4 is 21.3 Å². The summed E-state index contributed by atoms with van der Waals surface area (Å²) in [6.45, 7) is 1.62. The van der Waals surface area contributed by atoms with Crippen molar-refractivity contribution in [2.75, 3.05) is 11.9 Å². The summed E-state index contributed by atoms with van der Waals surface area (Å²) in [5, 5.41) is 3.47. The zero-order chi connectivity index (χ0) is 19.7. The van der Waals surface area contributed by atoms with Crippen molar-refractivity contribution in [3.05, 3.63) is 61.9 Å². The molecule has 0 fully saturated rings. The highest BCUT2D eigenvalue weighted by molar-refractivity contribution is 6.31. The minimum atomic E-state index is -0.482. The zero-order valence-corrected chi connectivity index (χ0v) is 15.7. The number of carbonyl (C=O) groups is 1. The van der Waals surface area contributed by atoms with Crippen LogP contribution in [0.15, 0.2) is 40.1 Å². The molecule has 1 aromatic carbocycles. The standard InChI is InChI=1S/C18H17ClN4O4/c1-10-6-12(4-5-14(10)19)27-9-15(24)21-11-7-13-16(20-8-11)22(2)18(26)23(3)17(13)25/h4-8H,9H2,1-3H3,(H,21,24). The van der Waals surface area contributed by atoms with Gasteiger partial charge in [-0.25, -0.2) is 9.78 Å². The van der Waals surface area contributed by atoms with Crippen LogP contribution in [0.1, 0.15) is 5.56 Å². The molecular weight excluding hydrogens is 372 g/mol. The van der Waals surface area contributed by atoms with E-state index < -0.39 is 17.2 Å². The molecule has 0 aliphatic heterocycles. The van der Waals surface area contributed by atoms with E-state index in [1.807, 2.05) is 6.92 Å². The second kappa shape index (κ2) is 7.24. The SMILES string of the molecule is Cc1cc(OCC(=O)Nc2cnc3c(c2)c(=O)n(C)c(=O)n3C)ccc1Cl. The number of aromatic nitrogens is 3. The second-order valence-corrected chi connectivity index (χ2v) is 6.46. The molecule has 0 saturated heterocycles. The van der Waals surface area contributed by atoms with Crippen LogP contribution in [-0.2, 0) is 18.9 Å². The number of anilines is 1. The molecule has 0 unspecified atom stereocenters. The Hall–Kier alpha value is -3.13. The van der Waals surface area contributed by atoms with Gasteiger partial charge < -0.3 is 10.1 Å². The van der Waals surface area contributed by atoms with E-state index in [-0.39, 0.29) is 17.6 Å². The van der Waals surface area contributed by atoms with Gasteiger partial charge in [0.15, 0.2) is 6.61 Å². The van der Waals surface area contributed by atoms with Crippen LogP contribution in [0.4, 0.5) is 5.69 Å². The van der Waals surface area contributed by atoms with Gasteiger partial charge in [-0.05, 0) is 36.8 Å². The maximum Gasteiger partial charge on any atom is 0.332 e. The molecule has 0 radical (unpaired) electrons. The van der Waals surface area contributed by atoms with E-state index in [1.54, 1.807) is 18.2 Å². The number of rotatable bonds is 4. The molecule has 0 saturated carbocycles. The lowest BCUT2D eigenvalue weighted by atomic mass is 10.2. The minimum Gasteiger partial charge on any atom is -0.484 e. The molecule has 9 heteroatoms. The number of hydrogen-bond acceptors (Lipinski definition) is 5. The highest BCUT2D eigenvalue weighted by Crippen LogP contribution is 2.21.